The van der Waals surface area contributed by atoms with E-state index < -0.39 is 0 Å². The number of likely N-dealkylation sites (N-methyl/N-ethyl adjacent to an activating group) is 1. The second kappa shape index (κ2) is 5.88. The summed E-state index contributed by atoms with van der Waals surface area (Å²) in [6.45, 7) is 1.70. The van der Waals surface area contributed by atoms with Gasteiger partial charge in [-0.3, -0.25) is 10.1 Å². The molecule has 1 unspecified atom stereocenters. The molecule has 1 heterocycles. The molecule has 0 amide bonds. The first-order valence-corrected chi connectivity index (χ1v) is 6.41. The van der Waals surface area contributed by atoms with E-state index >= 15 is 0 Å². The summed E-state index contributed by atoms with van der Waals surface area (Å²) in [4.78, 5) is 13.0. The van der Waals surface area contributed by atoms with Gasteiger partial charge in [-0.15, -0.1) is 0 Å². The van der Waals surface area contributed by atoms with Gasteiger partial charge < -0.3 is 15.0 Å². The van der Waals surface area contributed by atoms with Gasteiger partial charge in [0.15, 0.2) is 0 Å². The molecular formula is C13H19N3O3. The molecule has 0 radical (unpaired) electrons. The highest BCUT2D eigenvalue weighted by Gasteiger charge is 2.29. The number of hydrogen-bond donors (Lipinski definition) is 1. The predicted octanol–water partition coefficient (Wildman–Crippen LogP) is 1.79. The Hall–Kier alpha value is -1.82. The lowest BCUT2D eigenvalue weighted by atomic mass is 10.2. The van der Waals surface area contributed by atoms with E-state index in [1.54, 1.807) is 12.1 Å². The summed E-state index contributed by atoms with van der Waals surface area (Å²) >= 11 is 0. The minimum absolute atomic E-state index is 0.113. The normalized spacial score (nSPS) is 18.6. The number of nitrogens with zero attached hydrogens (tertiary/aromatic N) is 2. The van der Waals surface area contributed by atoms with Gasteiger partial charge in [-0.1, -0.05) is 0 Å². The minimum Gasteiger partial charge on any atom is -0.496 e. The molecule has 0 saturated carbocycles. The fourth-order valence-electron chi connectivity index (χ4n) is 2.62. The number of hydrogen-bond acceptors (Lipinski definition) is 5. The summed E-state index contributed by atoms with van der Waals surface area (Å²) in [7, 11) is 3.41. The Balaban J connectivity index is 2.35. The number of anilines is 1. The van der Waals surface area contributed by atoms with Crippen LogP contribution in [0.2, 0.25) is 0 Å². The molecule has 1 aromatic rings. The van der Waals surface area contributed by atoms with E-state index in [0.717, 1.165) is 25.9 Å². The Bertz CT molecular complexity index is 464. The van der Waals surface area contributed by atoms with Crippen LogP contribution in [-0.4, -0.2) is 38.2 Å². The van der Waals surface area contributed by atoms with Crippen molar-refractivity contribution in [3.8, 4) is 5.75 Å². The second-order valence-electron chi connectivity index (χ2n) is 4.66. The SMILES string of the molecule is CNCC1CCCN1c1ccc(OC)cc1[N+](=O)[O-]. The molecule has 1 aromatic carbocycles. The second-order valence-corrected chi connectivity index (χ2v) is 4.66. The molecule has 2 rings (SSSR count). The molecule has 1 saturated heterocycles. The molecule has 19 heavy (non-hydrogen) atoms. The summed E-state index contributed by atoms with van der Waals surface area (Å²) in [5.41, 5.74) is 0.797. The zero-order valence-electron chi connectivity index (χ0n) is 11.3. The number of ether oxygens (including phenoxy) is 1. The molecule has 1 atom stereocenters. The van der Waals surface area contributed by atoms with E-state index in [0.29, 0.717) is 17.5 Å². The molecule has 0 spiro atoms. The van der Waals surface area contributed by atoms with Crippen LogP contribution in [0.15, 0.2) is 18.2 Å². The average Bonchev–Trinajstić information content (AvgIpc) is 2.86. The van der Waals surface area contributed by atoms with Crippen molar-refractivity contribution in [2.75, 3.05) is 32.1 Å². The molecule has 0 aliphatic carbocycles. The maximum absolute atomic E-state index is 11.2. The Labute approximate surface area is 112 Å². The maximum atomic E-state index is 11.2. The Morgan fingerprint density at radius 3 is 3.00 bits per heavy atom. The van der Waals surface area contributed by atoms with Gasteiger partial charge in [0, 0.05) is 19.1 Å². The summed E-state index contributed by atoms with van der Waals surface area (Å²) in [6, 6.07) is 5.36. The third-order valence-corrected chi connectivity index (χ3v) is 3.51. The molecular weight excluding hydrogens is 246 g/mol. The van der Waals surface area contributed by atoms with Crippen LogP contribution in [0.4, 0.5) is 11.4 Å². The molecule has 1 fully saturated rings. The van der Waals surface area contributed by atoms with Crippen LogP contribution < -0.4 is 15.0 Å². The quantitative estimate of drug-likeness (QED) is 0.649. The third-order valence-electron chi connectivity index (χ3n) is 3.51. The van der Waals surface area contributed by atoms with Crippen LogP contribution in [0.25, 0.3) is 0 Å². The van der Waals surface area contributed by atoms with Gasteiger partial charge in [-0.05, 0) is 32.0 Å². The first kappa shape index (κ1) is 13.6. The van der Waals surface area contributed by atoms with Crippen LogP contribution in [-0.2, 0) is 0 Å². The van der Waals surface area contributed by atoms with Crippen molar-refractivity contribution >= 4 is 11.4 Å². The fourth-order valence-corrected chi connectivity index (χ4v) is 2.62. The molecule has 104 valence electrons. The van der Waals surface area contributed by atoms with Gasteiger partial charge in [0.05, 0.1) is 18.1 Å². The van der Waals surface area contributed by atoms with Gasteiger partial charge in [0.2, 0.25) is 0 Å². The van der Waals surface area contributed by atoms with Crippen molar-refractivity contribution in [2.45, 2.75) is 18.9 Å². The van der Waals surface area contributed by atoms with Gasteiger partial charge in [-0.25, -0.2) is 0 Å². The summed E-state index contributed by atoms with van der Waals surface area (Å²) in [5.74, 6) is 0.514. The van der Waals surface area contributed by atoms with E-state index in [-0.39, 0.29) is 10.6 Å². The maximum Gasteiger partial charge on any atom is 0.296 e. The van der Waals surface area contributed by atoms with Gasteiger partial charge in [-0.2, -0.15) is 0 Å². The Morgan fingerprint density at radius 1 is 1.58 bits per heavy atom. The molecule has 0 bridgehead atoms. The Morgan fingerprint density at radius 2 is 2.37 bits per heavy atom. The van der Waals surface area contributed by atoms with Crippen molar-refractivity contribution < 1.29 is 9.66 Å². The largest absolute Gasteiger partial charge is 0.496 e. The highest BCUT2D eigenvalue weighted by molar-refractivity contribution is 5.66. The first-order valence-electron chi connectivity index (χ1n) is 6.41. The predicted molar refractivity (Wildman–Crippen MR) is 73.9 cm³/mol. The van der Waals surface area contributed by atoms with Crippen molar-refractivity contribution in [1.29, 1.82) is 0 Å². The number of benzene rings is 1. The summed E-state index contributed by atoms with van der Waals surface area (Å²) < 4.78 is 5.06. The third kappa shape index (κ3) is 2.78. The number of nitrogens with one attached hydrogen (secondary N) is 1. The molecule has 6 nitrogen and oxygen atoms in total. The van der Waals surface area contributed by atoms with Crippen molar-refractivity contribution in [3.05, 3.63) is 28.3 Å². The van der Waals surface area contributed by atoms with Crippen molar-refractivity contribution in [1.82, 2.24) is 5.32 Å². The Kier molecular flexibility index (Phi) is 4.21. The van der Waals surface area contributed by atoms with E-state index in [1.807, 2.05) is 7.05 Å². The monoisotopic (exact) mass is 265 g/mol. The van der Waals surface area contributed by atoms with Crippen molar-refractivity contribution in [3.63, 3.8) is 0 Å². The average molecular weight is 265 g/mol. The van der Waals surface area contributed by atoms with E-state index in [9.17, 15) is 10.1 Å². The van der Waals surface area contributed by atoms with Crippen LogP contribution in [0, 0.1) is 10.1 Å². The lowest BCUT2D eigenvalue weighted by molar-refractivity contribution is -0.384. The van der Waals surface area contributed by atoms with Crippen LogP contribution in [0.1, 0.15) is 12.8 Å². The minimum atomic E-state index is -0.341. The molecule has 6 heteroatoms. The van der Waals surface area contributed by atoms with Crippen LogP contribution in [0.3, 0.4) is 0 Å². The van der Waals surface area contributed by atoms with Crippen molar-refractivity contribution in [2.24, 2.45) is 0 Å². The summed E-state index contributed by atoms with van der Waals surface area (Å²) in [5, 5.41) is 14.4. The molecule has 1 aliphatic heterocycles. The zero-order chi connectivity index (χ0) is 13.8. The summed E-state index contributed by atoms with van der Waals surface area (Å²) in [6.07, 6.45) is 2.12. The molecule has 1 aliphatic rings. The van der Waals surface area contributed by atoms with E-state index in [2.05, 4.69) is 10.2 Å². The highest BCUT2D eigenvalue weighted by atomic mass is 16.6. The van der Waals surface area contributed by atoms with E-state index in [4.69, 9.17) is 4.74 Å². The first-order chi connectivity index (χ1) is 9.17. The van der Waals surface area contributed by atoms with Gasteiger partial charge in [0.25, 0.3) is 5.69 Å². The number of nitro benzene ring substituents is 1. The molecule has 1 N–H and O–H groups in total. The van der Waals surface area contributed by atoms with Crippen LogP contribution in [0.5, 0.6) is 5.75 Å². The highest BCUT2D eigenvalue weighted by Crippen LogP contribution is 2.35. The van der Waals surface area contributed by atoms with Gasteiger partial charge >= 0.3 is 0 Å². The fraction of sp³-hybridized carbons (Fsp3) is 0.538. The molecule has 0 aromatic heterocycles. The number of rotatable bonds is 5. The lowest BCUT2D eigenvalue weighted by Crippen LogP contribution is -2.37. The lowest BCUT2D eigenvalue weighted by Gasteiger charge is -2.26. The number of methoxy groups -OCH3 is 1. The van der Waals surface area contributed by atoms with Crippen LogP contribution >= 0.6 is 0 Å². The van der Waals surface area contributed by atoms with Gasteiger partial charge in [0.1, 0.15) is 11.4 Å². The standard InChI is InChI=1S/C13H19N3O3/c1-14-9-10-4-3-7-15(10)12-6-5-11(19-2)8-13(12)16(17)18/h5-6,8,10,14H,3-4,7,9H2,1-2H3. The number of nitro groups is 1. The smallest absolute Gasteiger partial charge is 0.296 e. The zero-order valence-corrected chi connectivity index (χ0v) is 11.3. The topological polar surface area (TPSA) is 67.6 Å². The van der Waals surface area contributed by atoms with E-state index in [1.165, 1.54) is 13.2 Å².